The van der Waals surface area contributed by atoms with Crippen molar-refractivity contribution in [3.05, 3.63) is 177 Å². The van der Waals surface area contributed by atoms with Crippen LogP contribution in [-0.4, -0.2) is 0 Å². The molecule has 1 fully saturated rings. The molecular weight excluding hydrogens is 665 g/mol. The van der Waals surface area contributed by atoms with Gasteiger partial charge in [-0.25, -0.2) is 0 Å². The molecule has 2 nitrogen and oxygen atoms in total. The molecule has 0 atom stereocenters. The van der Waals surface area contributed by atoms with Crippen LogP contribution in [0, 0.1) is 55.4 Å². The molecule has 6 aromatic carbocycles. The molecule has 286 valence electrons. The molecule has 0 aromatic heterocycles. The van der Waals surface area contributed by atoms with Crippen molar-refractivity contribution in [3.63, 3.8) is 0 Å². The third-order valence-corrected chi connectivity index (χ3v) is 11.8. The molecule has 0 radical (unpaired) electrons. The van der Waals surface area contributed by atoms with Crippen LogP contribution in [0.5, 0.6) is 0 Å². The zero-order chi connectivity index (χ0) is 39.9. The van der Waals surface area contributed by atoms with Gasteiger partial charge in [-0.3, -0.25) is 0 Å². The highest BCUT2D eigenvalue weighted by Gasteiger charge is 2.37. The summed E-state index contributed by atoms with van der Waals surface area (Å²) >= 11 is 0. The average Bonchev–Trinajstić information content (AvgIpc) is 3.71. The van der Waals surface area contributed by atoms with Crippen molar-refractivity contribution in [1.29, 1.82) is 0 Å². The second-order valence-electron chi connectivity index (χ2n) is 15.1. The number of anilines is 6. The standard InChI is InChI=1S/C49H52N2.2C2H6/c1-33-11-19-45(29-37(33)5)50(46-20-12-34(2)38(6)30-46)43-23-15-41(16-24-43)49(27-9-10-28-49)42-17-25-44(26-18-42)51(47-21-13-35(3)39(7)31-47)48-22-14-36(4)40(8)32-48;2*1-2/h11-26,29-32H,9-10,27-28H2,1-8H3;2*1-2H3. The van der Waals surface area contributed by atoms with E-state index in [1.54, 1.807) is 0 Å². The third kappa shape index (κ3) is 8.60. The van der Waals surface area contributed by atoms with Crippen molar-refractivity contribution in [1.82, 2.24) is 0 Å². The fourth-order valence-corrected chi connectivity index (χ4v) is 7.93. The highest BCUT2D eigenvalue weighted by Crippen LogP contribution is 2.48. The van der Waals surface area contributed by atoms with Gasteiger partial charge in [0.15, 0.2) is 0 Å². The molecule has 2 heteroatoms. The van der Waals surface area contributed by atoms with Gasteiger partial charge in [0, 0.05) is 39.5 Å². The van der Waals surface area contributed by atoms with Crippen LogP contribution in [0.25, 0.3) is 0 Å². The van der Waals surface area contributed by atoms with Crippen LogP contribution < -0.4 is 9.80 Å². The van der Waals surface area contributed by atoms with Gasteiger partial charge in [-0.1, -0.05) is 89.1 Å². The van der Waals surface area contributed by atoms with E-state index < -0.39 is 0 Å². The van der Waals surface area contributed by atoms with Crippen LogP contribution >= 0.6 is 0 Å². The Labute approximate surface area is 333 Å². The molecular formula is C53H64N2. The quantitative estimate of drug-likeness (QED) is 0.154. The second kappa shape index (κ2) is 18.0. The first kappa shape index (κ1) is 41.1. The molecule has 55 heavy (non-hydrogen) atoms. The molecule has 0 heterocycles. The molecule has 0 bridgehead atoms. The van der Waals surface area contributed by atoms with E-state index in [-0.39, 0.29) is 5.41 Å². The van der Waals surface area contributed by atoms with Gasteiger partial charge < -0.3 is 9.80 Å². The van der Waals surface area contributed by atoms with Crippen LogP contribution in [0.1, 0.15) is 109 Å². The van der Waals surface area contributed by atoms with Gasteiger partial charge in [-0.15, -0.1) is 0 Å². The number of aryl methyl sites for hydroxylation is 8. The van der Waals surface area contributed by atoms with E-state index in [9.17, 15) is 0 Å². The number of nitrogens with zero attached hydrogens (tertiary/aromatic N) is 2. The summed E-state index contributed by atoms with van der Waals surface area (Å²) in [5.41, 5.74) is 20.5. The normalized spacial score (nSPS) is 12.9. The minimum atomic E-state index is 0.00844. The van der Waals surface area contributed by atoms with Gasteiger partial charge in [0.2, 0.25) is 0 Å². The van der Waals surface area contributed by atoms with Crippen LogP contribution in [0.3, 0.4) is 0 Å². The Kier molecular flexibility index (Phi) is 13.5. The Morgan fingerprint density at radius 1 is 0.309 bits per heavy atom. The molecule has 0 spiro atoms. The summed E-state index contributed by atoms with van der Waals surface area (Å²) in [6.45, 7) is 25.6. The maximum absolute atomic E-state index is 2.41. The molecule has 0 unspecified atom stereocenters. The van der Waals surface area contributed by atoms with Crippen molar-refractivity contribution in [2.24, 2.45) is 0 Å². The van der Waals surface area contributed by atoms with E-state index in [0.29, 0.717) is 0 Å². The van der Waals surface area contributed by atoms with Crippen LogP contribution in [0.15, 0.2) is 121 Å². The Morgan fingerprint density at radius 2 is 0.545 bits per heavy atom. The monoisotopic (exact) mass is 729 g/mol. The summed E-state index contributed by atoms with van der Waals surface area (Å²) in [4.78, 5) is 4.82. The largest absolute Gasteiger partial charge is 0.310 e. The van der Waals surface area contributed by atoms with Crippen LogP contribution in [0.4, 0.5) is 34.1 Å². The zero-order valence-electron chi connectivity index (χ0n) is 35.8. The highest BCUT2D eigenvalue weighted by atomic mass is 15.1. The lowest BCUT2D eigenvalue weighted by molar-refractivity contribution is 0.535. The number of hydrogen-bond donors (Lipinski definition) is 0. The van der Waals surface area contributed by atoms with E-state index in [0.717, 1.165) is 0 Å². The van der Waals surface area contributed by atoms with Gasteiger partial charge in [0.1, 0.15) is 0 Å². The minimum Gasteiger partial charge on any atom is -0.310 e. The van der Waals surface area contributed by atoms with Crippen LogP contribution in [0.2, 0.25) is 0 Å². The molecule has 7 rings (SSSR count). The van der Waals surface area contributed by atoms with Crippen molar-refractivity contribution in [2.75, 3.05) is 9.80 Å². The van der Waals surface area contributed by atoms with E-state index in [1.165, 1.54) is 115 Å². The van der Waals surface area contributed by atoms with Crippen LogP contribution in [-0.2, 0) is 5.41 Å². The fourth-order valence-electron chi connectivity index (χ4n) is 7.93. The van der Waals surface area contributed by atoms with E-state index in [4.69, 9.17) is 0 Å². The summed E-state index contributed by atoms with van der Waals surface area (Å²) in [6, 6.07) is 46.2. The topological polar surface area (TPSA) is 6.48 Å². The number of hydrogen-bond acceptors (Lipinski definition) is 2. The SMILES string of the molecule is CC.CC.Cc1ccc(N(c2ccc(C3(c4ccc(N(c5ccc(C)c(C)c5)c5ccc(C)c(C)c5)cc4)CCCC3)cc2)c2ccc(C)c(C)c2)cc1C. The summed E-state index contributed by atoms with van der Waals surface area (Å²) in [6.07, 6.45) is 4.83. The van der Waals surface area contributed by atoms with E-state index in [1.807, 2.05) is 27.7 Å². The predicted octanol–water partition coefficient (Wildman–Crippen LogP) is 16.0. The summed E-state index contributed by atoms with van der Waals surface area (Å²) in [5, 5.41) is 0. The van der Waals surface area contributed by atoms with E-state index in [2.05, 4.69) is 187 Å². The Hall–Kier alpha value is -5.08. The average molecular weight is 729 g/mol. The lowest BCUT2D eigenvalue weighted by Crippen LogP contribution is -2.24. The second-order valence-corrected chi connectivity index (χ2v) is 15.1. The molecule has 6 aromatic rings. The van der Waals surface area contributed by atoms with E-state index >= 15 is 0 Å². The number of rotatable bonds is 8. The molecule has 0 aliphatic heterocycles. The molecule has 0 saturated heterocycles. The number of benzene rings is 6. The summed E-state index contributed by atoms with van der Waals surface area (Å²) in [7, 11) is 0. The van der Waals surface area contributed by atoms with Gasteiger partial charge in [-0.2, -0.15) is 0 Å². The van der Waals surface area contributed by atoms with Crippen molar-refractivity contribution < 1.29 is 0 Å². The first-order valence-electron chi connectivity index (χ1n) is 20.6. The molecule has 1 aliphatic carbocycles. The summed E-state index contributed by atoms with van der Waals surface area (Å²) < 4.78 is 0. The molecule has 0 amide bonds. The van der Waals surface area contributed by atoms with Gasteiger partial charge >= 0.3 is 0 Å². The third-order valence-electron chi connectivity index (χ3n) is 11.8. The Balaban J connectivity index is 0.00000140. The Morgan fingerprint density at radius 3 is 0.782 bits per heavy atom. The predicted molar refractivity (Wildman–Crippen MR) is 242 cm³/mol. The zero-order valence-corrected chi connectivity index (χ0v) is 35.8. The first-order chi connectivity index (χ1) is 26.5. The first-order valence-corrected chi connectivity index (χ1v) is 20.6. The summed E-state index contributed by atoms with van der Waals surface area (Å²) in [5.74, 6) is 0. The fraction of sp³-hybridized carbons (Fsp3) is 0.321. The highest BCUT2D eigenvalue weighted by molar-refractivity contribution is 5.79. The lowest BCUT2D eigenvalue weighted by atomic mass is 9.73. The molecule has 1 saturated carbocycles. The van der Waals surface area contributed by atoms with Crippen molar-refractivity contribution in [3.8, 4) is 0 Å². The lowest BCUT2D eigenvalue weighted by Gasteiger charge is -2.33. The minimum absolute atomic E-state index is 0.00844. The smallest absolute Gasteiger partial charge is 0.0464 e. The van der Waals surface area contributed by atoms with Gasteiger partial charge in [0.25, 0.3) is 0 Å². The van der Waals surface area contributed by atoms with Gasteiger partial charge in [-0.05, 0) is 197 Å². The maximum Gasteiger partial charge on any atom is 0.0464 e. The van der Waals surface area contributed by atoms with Crippen molar-refractivity contribution >= 4 is 34.1 Å². The van der Waals surface area contributed by atoms with Crippen molar-refractivity contribution in [2.45, 2.75) is 114 Å². The molecule has 1 aliphatic rings. The maximum atomic E-state index is 2.41. The molecule has 0 N–H and O–H groups in total. The van der Waals surface area contributed by atoms with Gasteiger partial charge in [0.05, 0.1) is 0 Å². The Bertz CT molecular complexity index is 1930.